The van der Waals surface area contributed by atoms with Gasteiger partial charge in [-0.25, -0.2) is 0 Å². The van der Waals surface area contributed by atoms with Gasteiger partial charge in [0.1, 0.15) is 0 Å². The van der Waals surface area contributed by atoms with Gasteiger partial charge in [0.15, 0.2) is 0 Å². The standard InChI is InChI=1S/C15H18ClNO4/c1-10(11-3-2-4-12(16)7-11)15(20)17-5-6-21-9-13(17)8-14(18)19/h2-4,7,10,13H,5-6,8-9H2,1H3,(H,18,19). The number of morpholine rings is 1. The number of aliphatic carboxylic acids is 1. The van der Waals surface area contributed by atoms with Crippen LogP contribution >= 0.6 is 11.6 Å². The second kappa shape index (κ2) is 6.91. The van der Waals surface area contributed by atoms with E-state index in [2.05, 4.69) is 0 Å². The molecule has 1 fully saturated rings. The van der Waals surface area contributed by atoms with Crippen LogP contribution in [0.5, 0.6) is 0 Å². The van der Waals surface area contributed by atoms with E-state index in [0.29, 0.717) is 18.2 Å². The van der Waals surface area contributed by atoms with Crippen LogP contribution in [0.25, 0.3) is 0 Å². The third-order valence-electron chi connectivity index (χ3n) is 3.64. The molecule has 0 aliphatic carbocycles. The van der Waals surface area contributed by atoms with Gasteiger partial charge in [0.25, 0.3) is 0 Å². The zero-order chi connectivity index (χ0) is 15.4. The fraction of sp³-hybridized carbons (Fsp3) is 0.467. The first-order valence-corrected chi connectivity index (χ1v) is 7.22. The largest absolute Gasteiger partial charge is 0.481 e. The van der Waals surface area contributed by atoms with Gasteiger partial charge < -0.3 is 14.7 Å². The molecule has 5 nitrogen and oxygen atoms in total. The van der Waals surface area contributed by atoms with Crippen LogP contribution in [0, 0.1) is 0 Å². The Kier molecular flexibility index (Phi) is 5.20. The van der Waals surface area contributed by atoms with E-state index < -0.39 is 12.0 Å². The highest BCUT2D eigenvalue weighted by molar-refractivity contribution is 6.30. The maximum absolute atomic E-state index is 12.6. The summed E-state index contributed by atoms with van der Waals surface area (Å²) in [4.78, 5) is 25.2. The number of carboxylic acid groups (broad SMARTS) is 1. The smallest absolute Gasteiger partial charge is 0.305 e. The predicted molar refractivity (Wildman–Crippen MR) is 78.4 cm³/mol. The number of rotatable bonds is 4. The molecule has 1 aliphatic rings. The minimum Gasteiger partial charge on any atom is -0.481 e. The summed E-state index contributed by atoms with van der Waals surface area (Å²) >= 11 is 5.95. The molecule has 114 valence electrons. The van der Waals surface area contributed by atoms with Crippen molar-refractivity contribution in [2.45, 2.75) is 25.3 Å². The SMILES string of the molecule is CC(C(=O)N1CCOCC1CC(=O)O)c1cccc(Cl)c1. The summed E-state index contributed by atoms with van der Waals surface area (Å²) in [5.41, 5.74) is 0.827. The molecule has 21 heavy (non-hydrogen) atoms. The molecule has 1 heterocycles. The first-order chi connectivity index (χ1) is 9.99. The summed E-state index contributed by atoms with van der Waals surface area (Å²) in [5.74, 6) is -1.39. The van der Waals surface area contributed by atoms with Crippen LogP contribution in [0.2, 0.25) is 5.02 Å². The number of hydrogen-bond donors (Lipinski definition) is 1. The Balaban J connectivity index is 2.14. The molecule has 0 bridgehead atoms. The maximum Gasteiger partial charge on any atom is 0.305 e. The Morgan fingerprint density at radius 1 is 1.52 bits per heavy atom. The van der Waals surface area contributed by atoms with Gasteiger partial charge >= 0.3 is 5.97 Å². The second-order valence-corrected chi connectivity index (χ2v) is 5.57. The molecule has 0 radical (unpaired) electrons. The van der Waals surface area contributed by atoms with Gasteiger partial charge in [-0.2, -0.15) is 0 Å². The van der Waals surface area contributed by atoms with E-state index in [-0.39, 0.29) is 24.9 Å². The quantitative estimate of drug-likeness (QED) is 0.925. The summed E-state index contributed by atoms with van der Waals surface area (Å²) in [6, 6.07) is 6.75. The zero-order valence-corrected chi connectivity index (χ0v) is 12.5. The molecule has 2 atom stereocenters. The lowest BCUT2D eigenvalue weighted by Gasteiger charge is -2.36. The molecular formula is C15H18ClNO4. The van der Waals surface area contributed by atoms with Crippen molar-refractivity contribution < 1.29 is 19.4 Å². The number of amides is 1. The van der Waals surface area contributed by atoms with Gasteiger partial charge in [-0.05, 0) is 24.6 Å². The lowest BCUT2D eigenvalue weighted by Crippen LogP contribution is -2.50. The van der Waals surface area contributed by atoms with Crippen LogP contribution in [0.1, 0.15) is 24.8 Å². The number of nitrogens with zero attached hydrogens (tertiary/aromatic N) is 1. The topological polar surface area (TPSA) is 66.8 Å². The van der Waals surface area contributed by atoms with Crippen LogP contribution in [0.3, 0.4) is 0 Å². The number of carboxylic acids is 1. The molecule has 1 aromatic rings. The Labute approximate surface area is 128 Å². The highest BCUT2D eigenvalue weighted by Gasteiger charge is 2.32. The summed E-state index contributed by atoms with van der Waals surface area (Å²) in [5, 5.41) is 9.53. The lowest BCUT2D eigenvalue weighted by atomic mass is 9.98. The normalized spacial score (nSPS) is 20.1. The number of carbonyl (C=O) groups is 2. The van der Waals surface area contributed by atoms with Crippen molar-refractivity contribution in [3.8, 4) is 0 Å². The highest BCUT2D eigenvalue weighted by Crippen LogP contribution is 2.24. The molecule has 1 aromatic carbocycles. The maximum atomic E-state index is 12.6. The fourth-order valence-electron chi connectivity index (χ4n) is 2.48. The monoisotopic (exact) mass is 311 g/mol. The van der Waals surface area contributed by atoms with E-state index in [0.717, 1.165) is 5.56 Å². The molecular weight excluding hydrogens is 294 g/mol. The Hall–Kier alpha value is -1.59. The van der Waals surface area contributed by atoms with Crippen molar-refractivity contribution in [1.29, 1.82) is 0 Å². The second-order valence-electron chi connectivity index (χ2n) is 5.13. The van der Waals surface area contributed by atoms with Gasteiger partial charge in [-0.1, -0.05) is 23.7 Å². The average Bonchev–Trinajstić information content (AvgIpc) is 2.46. The Bertz CT molecular complexity index is 534. The summed E-state index contributed by atoms with van der Waals surface area (Å²) in [6.07, 6.45) is -0.103. The minimum absolute atomic E-state index is 0.0909. The fourth-order valence-corrected chi connectivity index (χ4v) is 2.68. The first kappa shape index (κ1) is 15.8. The Morgan fingerprint density at radius 2 is 2.29 bits per heavy atom. The molecule has 0 spiro atoms. The molecule has 6 heteroatoms. The van der Waals surface area contributed by atoms with Gasteiger partial charge in [-0.15, -0.1) is 0 Å². The van der Waals surface area contributed by atoms with E-state index in [1.54, 1.807) is 30.0 Å². The molecule has 1 amide bonds. The molecule has 1 N–H and O–H groups in total. The van der Waals surface area contributed by atoms with Crippen molar-refractivity contribution in [3.05, 3.63) is 34.9 Å². The van der Waals surface area contributed by atoms with Crippen molar-refractivity contribution >= 4 is 23.5 Å². The number of carbonyl (C=O) groups excluding carboxylic acids is 1. The lowest BCUT2D eigenvalue weighted by molar-refractivity contribution is -0.147. The van der Waals surface area contributed by atoms with Crippen molar-refractivity contribution in [2.24, 2.45) is 0 Å². The first-order valence-electron chi connectivity index (χ1n) is 6.84. The van der Waals surface area contributed by atoms with Gasteiger partial charge in [0.2, 0.25) is 5.91 Å². The van der Waals surface area contributed by atoms with Crippen molar-refractivity contribution in [1.82, 2.24) is 4.90 Å². The van der Waals surface area contributed by atoms with Crippen LogP contribution in [0.15, 0.2) is 24.3 Å². The molecule has 1 aliphatic heterocycles. The summed E-state index contributed by atoms with van der Waals surface area (Å²) < 4.78 is 5.29. The highest BCUT2D eigenvalue weighted by atomic mass is 35.5. The van der Waals surface area contributed by atoms with Crippen molar-refractivity contribution in [2.75, 3.05) is 19.8 Å². The third kappa shape index (κ3) is 3.95. The van der Waals surface area contributed by atoms with Crippen molar-refractivity contribution in [3.63, 3.8) is 0 Å². The van der Waals surface area contributed by atoms with Crippen LogP contribution in [-0.4, -0.2) is 47.7 Å². The number of benzene rings is 1. The van der Waals surface area contributed by atoms with Crippen LogP contribution in [0.4, 0.5) is 0 Å². The van der Waals surface area contributed by atoms with Crippen LogP contribution in [-0.2, 0) is 14.3 Å². The molecule has 2 rings (SSSR count). The van der Waals surface area contributed by atoms with Gasteiger partial charge in [0, 0.05) is 11.6 Å². The van der Waals surface area contributed by atoms with E-state index in [1.165, 1.54) is 0 Å². The molecule has 0 aromatic heterocycles. The van der Waals surface area contributed by atoms with Gasteiger partial charge in [0.05, 0.1) is 31.6 Å². The molecule has 1 saturated heterocycles. The minimum atomic E-state index is -0.932. The van der Waals surface area contributed by atoms with Crippen LogP contribution < -0.4 is 0 Å². The predicted octanol–water partition coefficient (Wildman–Crippen LogP) is 2.15. The molecule has 2 unspecified atom stereocenters. The number of halogens is 1. The average molecular weight is 312 g/mol. The third-order valence-corrected chi connectivity index (χ3v) is 3.88. The summed E-state index contributed by atoms with van der Waals surface area (Å²) in [6.45, 7) is 2.92. The molecule has 0 saturated carbocycles. The van der Waals surface area contributed by atoms with E-state index in [9.17, 15) is 9.59 Å². The zero-order valence-electron chi connectivity index (χ0n) is 11.8. The van der Waals surface area contributed by atoms with E-state index >= 15 is 0 Å². The number of hydrogen-bond acceptors (Lipinski definition) is 3. The summed E-state index contributed by atoms with van der Waals surface area (Å²) in [7, 11) is 0. The van der Waals surface area contributed by atoms with Gasteiger partial charge in [-0.3, -0.25) is 9.59 Å². The van der Waals surface area contributed by atoms with E-state index in [1.807, 2.05) is 6.07 Å². The van der Waals surface area contributed by atoms with E-state index in [4.69, 9.17) is 21.4 Å². The Morgan fingerprint density at radius 3 is 2.95 bits per heavy atom. The number of ether oxygens (including phenoxy) is 1.